The second-order valence-corrected chi connectivity index (χ2v) is 7.75. The van der Waals surface area contributed by atoms with Crippen molar-refractivity contribution in [3.63, 3.8) is 0 Å². The molecule has 0 bridgehead atoms. The third-order valence-electron chi connectivity index (χ3n) is 4.84. The van der Waals surface area contributed by atoms with Gasteiger partial charge in [0.25, 0.3) is 5.56 Å². The highest BCUT2D eigenvalue weighted by Gasteiger charge is 2.20. The van der Waals surface area contributed by atoms with Crippen LogP contribution in [0.5, 0.6) is 0 Å². The van der Waals surface area contributed by atoms with Crippen molar-refractivity contribution in [2.24, 2.45) is 7.05 Å². The molecular formula is C21H23N3O2S. The molecule has 27 heavy (non-hydrogen) atoms. The zero-order chi connectivity index (χ0) is 18.6. The van der Waals surface area contributed by atoms with Gasteiger partial charge in [-0.15, -0.1) is 0 Å². The van der Waals surface area contributed by atoms with E-state index in [-0.39, 0.29) is 11.7 Å². The summed E-state index contributed by atoms with van der Waals surface area (Å²) in [5, 5.41) is 0.963. The van der Waals surface area contributed by atoms with Crippen LogP contribution in [0.3, 0.4) is 0 Å². The monoisotopic (exact) mass is 381 g/mol. The van der Waals surface area contributed by atoms with E-state index >= 15 is 0 Å². The van der Waals surface area contributed by atoms with Gasteiger partial charge < -0.3 is 13.9 Å². The minimum atomic E-state index is 0.0146. The van der Waals surface area contributed by atoms with Crippen LogP contribution >= 0.6 is 11.8 Å². The Morgan fingerprint density at radius 2 is 2.11 bits per heavy atom. The highest BCUT2D eigenvalue weighted by atomic mass is 32.2. The van der Waals surface area contributed by atoms with Crippen LogP contribution in [0.15, 0.2) is 64.8 Å². The van der Waals surface area contributed by atoms with E-state index in [0.29, 0.717) is 5.75 Å². The molecule has 5 nitrogen and oxygen atoms in total. The highest BCUT2D eigenvalue weighted by Crippen LogP contribution is 2.29. The number of benzene rings is 1. The van der Waals surface area contributed by atoms with E-state index in [9.17, 15) is 4.79 Å². The lowest BCUT2D eigenvalue weighted by Gasteiger charge is -2.16. The SMILES string of the molecule is Cn1ccc(CSc2ncc(-c3ccccc3)n2C[C@@H]2CCCO2)cc1=O. The van der Waals surface area contributed by atoms with Gasteiger partial charge in [0.1, 0.15) is 0 Å². The highest BCUT2D eigenvalue weighted by molar-refractivity contribution is 7.98. The largest absolute Gasteiger partial charge is 0.376 e. The third-order valence-corrected chi connectivity index (χ3v) is 5.90. The van der Waals surface area contributed by atoms with Gasteiger partial charge in [0.2, 0.25) is 0 Å². The van der Waals surface area contributed by atoms with E-state index in [0.717, 1.165) is 48.0 Å². The number of hydrogen-bond acceptors (Lipinski definition) is 4. The van der Waals surface area contributed by atoms with Gasteiger partial charge in [-0.2, -0.15) is 0 Å². The summed E-state index contributed by atoms with van der Waals surface area (Å²) in [6, 6.07) is 14.0. The molecule has 1 aromatic carbocycles. The molecule has 1 aliphatic rings. The van der Waals surface area contributed by atoms with Gasteiger partial charge >= 0.3 is 0 Å². The van der Waals surface area contributed by atoms with Crippen LogP contribution in [0.2, 0.25) is 0 Å². The first-order chi connectivity index (χ1) is 13.2. The van der Waals surface area contributed by atoms with Crippen molar-refractivity contribution in [2.45, 2.75) is 36.4 Å². The number of aryl methyl sites for hydroxylation is 1. The molecule has 4 rings (SSSR count). The maximum absolute atomic E-state index is 11.9. The molecule has 3 aromatic rings. The van der Waals surface area contributed by atoms with E-state index in [1.165, 1.54) is 0 Å². The van der Waals surface area contributed by atoms with Gasteiger partial charge in [-0.25, -0.2) is 4.98 Å². The summed E-state index contributed by atoms with van der Waals surface area (Å²) in [4.78, 5) is 16.5. The van der Waals surface area contributed by atoms with Crippen LogP contribution in [0.4, 0.5) is 0 Å². The number of rotatable bonds is 6. The van der Waals surface area contributed by atoms with Crippen molar-refractivity contribution in [2.75, 3.05) is 6.61 Å². The molecule has 2 aromatic heterocycles. The first-order valence-electron chi connectivity index (χ1n) is 9.21. The molecule has 0 spiro atoms. The number of thioether (sulfide) groups is 1. The Morgan fingerprint density at radius 1 is 1.26 bits per heavy atom. The van der Waals surface area contributed by atoms with E-state index in [2.05, 4.69) is 21.7 Å². The van der Waals surface area contributed by atoms with E-state index in [1.807, 2.05) is 36.7 Å². The summed E-state index contributed by atoms with van der Waals surface area (Å²) in [7, 11) is 1.76. The second-order valence-electron chi connectivity index (χ2n) is 6.81. The zero-order valence-electron chi connectivity index (χ0n) is 15.4. The summed E-state index contributed by atoms with van der Waals surface area (Å²) < 4.78 is 9.71. The standard InChI is InChI=1S/C21H23N3O2S/c1-23-10-9-16(12-20(23)25)15-27-21-22-13-19(17-6-3-2-4-7-17)24(21)14-18-8-5-11-26-18/h2-4,6-7,9-10,12-13,18H,5,8,11,14-15H2,1H3/t18-/m0/s1. The van der Waals surface area contributed by atoms with E-state index < -0.39 is 0 Å². The minimum absolute atomic E-state index is 0.0146. The maximum Gasteiger partial charge on any atom is 0.250 e. The number of imidazole rings is 1. The Morgan fingerprint density at radius 3 is 2.85 bits per heavy atom. The van der Waals surface area contributed by atoms with Crippen molar-refractivity contribution < 1.29 is 4.74 Å². The fourth-order valence-corrected chi connectivity index (χ4v) is 4.24. The number of hydrogen-bond donors (Lipinski definition) is 0. The lowest BCUT2D eigenvalue weighted by Crippen LogP contribution is -2.17. The molecule has 1 saturated heterocycles. The number of nitrogens with zero attached hydrogens (tertiary/aromatic N) is 3. The molecule has 140 valence electrons. The second kappa shape index (κ2) is 8.15. The van der Waals surface area contributed by atoms with Gasteiger partial charge in [0.15, 0.2) is 5.16 Å². The topological polar surface area (TPSA) is 49.0 Å². The molecule has 3 heterocycles. The maximum atomic E-state index is 11.9. The third kappa shape index (κ3) is 4.17. The lowest BCUT2D eigenvalue weighted by molar-refractivity contribution is 0.0954. The Balaban J connectivity index is 1.59. The molecule has 1 fully saturated rings. The van der Waals surface area contributed by atoms with Crippen LogP contribution < -0.4 is 5.56 Å². The van der Waals surface area contributed by atoms with Crippen LogP contribution in [0, 0.1) is 0 Å². The smallest absolute Gasteiger partial charge is 0.250 e. The van der Waals surface area contributed by atoms with Gasteiger partial charge in [-0.1, -0.05) is 42.1 Å². The first-order valence-corrected chi connectivity index (χ1v) is 10.2. The van der Waals surface area contributed by atoms with Crippen LogP contribution in [0.25, 0.3) is 11.3 Å². The fourth-order valence-electron chi connectivity index (χ4n) is 3.31. The van der Waals surface area contributed by atoms with Crippen LogP contribution in [-0.4, -0.2) is 26.8 Å². The van der Waals surface area contributed by atoms with Crippen molar-refractivity contribution in [1.82, 2.24) is 14.1 Å². The Bertz CT molecular complexity index is 959. The molecule has 0 saturated carbocycles. The molecule has 0 radical (unpaired) electrons. The number of ether oxygens (including phenoxy) is 1. The molecule has 6 heteroatoms. The van der Waals surface area contributed by atoms with E-state index in [4.69, 9.17) is 4.74 Å². The minimum Gasteiger partial charge on any atom is -0.376 e. The Hall–Kier alpha value is -2.31. The molecule has 0 amide bonds. The molecule has 0 unspecified atom stereocenters. The predicted octanol–water partition coefficient (Wildman–Crippen LogP) is 3.72. The average molecular weight is 382 g/mol. The van der Waals surface area contributed by atoms with Crippen molar-refractivity contribution in [3.05, 3.63) is 70.8 Å². The summed E-state index contributed by atoms with van der Waals surface area (Å²) in [5.74, 6) is 0.715. The van der Waals surface area contributed by atoms with Gasteiger partial charge in [0, 0.05) is 31.7 Å². The van der Waals surface area contributed by atoms with Gasteiger partial charge in [-0.05, 0) is 30.0 Å². The van der Waals surface area contributed by atoms with Gasteiger partial charge in [-0.3, -0.25) is 4.79 Å². The van der Waals surface area contributed by atoms with Gasteiger partial charge in [0.05, 0.1) is 24.5 Å². The molecular weight excluding hydrogens is 358 g/mol. The number of pyridine rings is 1. The lowest BCUT2D eigenvalue weighted by atomic mass is 10.1. The summed E-state index contributed by atoms with van der Waals surface area (Å²) in [6.07, 6.45) is 6.20. The Labute approximate surface area is 163 Å². The quantitative estimate of drug-likeness (QED) is 0.611. The predicted molar refractivity (Wildman–Crippen MR) is 108 cm³/mol. The average Bonchev–Trinajstić information content (AvgIpc) is 3.34. The van der Waals surface area contributed by atoms with Crippen molar-refractivity contribution in [1.29, 1.82) is 0 Å². The molecule has 1 atom stereocenters. The van der Waals surface area contributed by atoms with E-state index in [1.54, 1.807) is 29.4 Å². The zero-order valence-corrected chi connectivity index (χ0v) is 16.2. The molecule has 1 aliphatic heterocycles. The summed E-state index contributed by atoms with van der Waals surface area (Å²) >= 11 is 1.66. The first kappa shape index (κ1) is 18.1. The van der Waals surface area contributed by atoms with Crippen LogP contribution in [0.1, 0.15) is 18.4 Å². The van der Waals surface area contributed by atoms with Crippen molar-refractivity contribution in [3.8, 4) is 11.3 Å². The fraction of sp³-hybridized carbons (Fsp3) is 0.333. The number of aromatic nitrogens is 3. The van der Waals surface area contributed by atoms with Crippen molar-refractivity contribution >= 4 is 11.8 Å². The molecule has 0 aliphatic carbocycles. The summed E-state index contributed by atoms with van der Waals surface area (Å²) in [6.45, 7) is 1.65. The Kier molecular flexibility index (Phi) is 5.45. The van der Waals surface area contributed by atoms with Crippen LogP contribution in [-0.2, 0) is 24.1 Å². The molecule has 0 N–H and O–H groups in total. The normalized spacial score (nSPS) is 16.7. The summed E-state index contributed by atoms with van der Waals surface area (Å²) in [5.41, 5.74) is 3.29.